The predicted molar refractivity (Wildman–Crippen MR) is 94.8 cm³/mol. The van der Waals surface area contributed by atoms with Crippen LogP contribution >= 0.6 is 0 Å². The molecule has 4 nitrogen and oxygen atoms in total. The molecule has 5 heteroatoms. The number of fused-ring (bicyclic) bond motifs is 5. The lowest BCUT2D eigenvalue weighted by molar-refractivity contribution is -0.739. The lowest BCUT2D eigenvalue weighted by Gasteiger charge is -2.23. The summed E-state index contributed by atoms with van der Waals surface area (Å²) >= 11 is 0. The van der Waals surface area contributed by atoms with Gasteiger partial charge in [0.15, 0.2) is 0 Å². The Morgan fingerprint density at radius 3 is 2.62 bits per heavy atom. The number of hydrogen-bond acceptors (Lipinski definition) is 2. The number of hydrogen-bond donors (Lipinski definition) is 0. The lowest BCUT2D eigenvalue weighted by atomic mass is 10.1. The summed E-state index contributed by atoms with van der Waals surface area (Å²) in [6.45, 7) is 7.03. The van der Waals surface area contributed by atoms with Crippen LogP contribution in [-0.2, 0) is 17.8 Å². The molecule has 134 valence electrons. The molecule has 0 N–H and O–H groups in total. The summed E-state index contributed by atoms with van der Waals surface area (Å²) in [4.78, 5) is 0. The molecule has 2 heterocycles. The van der Waals surface area contributed by atoms with E-state index in [1.807, 2.05) is 4.68 Å². The number of rotatable bonds is 1. The van der Waals surface area contributed by atoms with E-state index >= 15 is 0 Å². The van der Waals surface area contributed by atoms with Crippen molar-refractivity contribution in [2.24, 2.45) is 0 Å². The predicted octanol–water partition coefficient (Wildman–Crippen LogP) is 0.133. The van der Waals surface area contributed by atoms with Gasteiger partial charge in [-0.2, -0.15) is 0 Å². The van der Waals surface area contributed by atoms with E-state index in [1.54, 1.807) is 0 Å². The van der Waals surface area contributed by atoms with E-state index in [1.165, 1.54) is 33.5 Å². The molecule has 26 heavy (non-hydrogen) atoms. The Hall–Kier alpha value is -2.17. The van der Waals surface area contributed by atoms with Crippen molar-refractivity contribution in [3.05, 3.63) is 76.4 Å². The zero-order valence-corrected chi connectivity index (χ0v) is 16.0. The summed E-state index contributed by atoms with van der Waals surface area (Å²) in [6.07, 6.45) is 3.36. The minimum absolute atomic E-state index is 0. The minimum Gasteiger partial charge on any atom is -1.00 e. The van der Waals surface area contributed by atoms with E-state index in [2.05, 4.69) is 68.1 Å². The Morgan fingerprint density at radius 2 is 1.85 bits per heavy atom. The van der Waals surface area contributed by atoms with Gasteiger partial charge in [-0.15, -0.1) is 0 Å². The molecule has 0 fully saturated rings. The largest absolute Gasteiger partial charge is 1.00 e. The highest BCUT2D eigenvalue weighted by Crippen LogP contribution is 2.35. The van der Waals surface area contributed by atoms with Crippen molar-refractivity contribution in [2.75, 3.05) is 0 Å². The normalized spacial score (nSPS) is 20.1. The molecule has 0 bridgehead atoms. The van der Waals surface area contributed by atoms with Crippen molar-refractivity contribution in [3.8, 4) is 5.69 Å². The van der Waals surface area contributed by atoms with Gasteiger partial charge in [0.05, 0.1) is 0 Å². The molecule has 2 aromatic carbocycles. The molecule has 0 amide bonds. The average Bonchev–Trinajstić information content (AvgIpc) is 3.13. The Bertz CT molecular complexity index is 972. The van der Waals surface area contributed by atoms with Crippen LogP contribution in [0.2, 0.25) is 0 Å². The van der Waals surface area contributed by atoms with Crippen LogP contribution in [0.5, 0.6) is 0 Å². The lowest BCUT2D eigenvalue weighted by Crippen LogP contribution is -3.00. The zero-order chi connectivity index (χ0) is 17.1. The van der Waals surface area contributed by atoms with Crippen molar-refractivity contribution < 1.29 is 21.7 Å². The molecule has 0 saturated carbocycles. The summed E-state index contributed by atoms with van der Waals surface area (Å²) in [5.74, 6) is 0.998. The number of benzene rings is 2. The van der Waals surface area contributed by atoms with E-state index in [-0.39, 0.29) is 24.6 Å². The van der Waals surface area contributed by atoms with Crippen LogP contribution < -0.4 is 17.0 Å². The first-order valence-corrected chi connectivity index (χ1v) is 8.89. The molecule has 1 aliphatic heterocycles. The highest BCUT2D eigenvalue weighted by atomic mass is 35.5. The molecule has 1 aliphatic carbocycles. The third kappa shape index (κ3) is 2.48. The molecule has 1 aromatic heterocycles. The van der Waals surface area contributed by atoms with Crippen LogP contribution in [0.1, 0.15) is 39.7 Å². The van der Waals surface area contributed by atoms with E-state index in [0.29, 0.717) is 6.61 Å². The van der Waals surface area contributed by atoms with Crippen LogP contribution in [0.4, 0.5) is 0 Å². The summed E-state index contributed by atoms with van der Waals surface area (Å²) in [6, 6.07) is 13.4. The molecule has 2 atom stereocenters. The first-order chi connectivity index (χ1) is 12.1. The van der Waals surface area contributed by atoms with Crippen molar-refractivity contribution in [2.45, 2.75) is 45.9 Å². The smallest absolute Gasteiger partial charge is 0.304 e. The number of nitrogens with zero attached hydrogens (tertiary/aromatic N) is 3. The van der Waals surface area contributed by atoms with Crippen LogP contribution in [0.3, 0.4) is 0 Å². The SMILES string of the molecule is Cc1cc(C)c(-n2c[n+]3c(n2)CO[C@@H]2Cc4ccccc4C23)c(C)c1.[Cl-]. The third-order valence-electron chi connectivity index (χ3n) is 5.49. The van der Waals surface area contributed by atoms with Gasteiger partial charge in [-0.25, -0.2) is 4.57 Å². The molecule has 2 aliphatic rings. The second-order valence-corrected chi connectivity index (χ2v) is 7.33. The number of halogens is 1. The van der Waals surface area contributed by atoms with Gasteiger partial charge in [0.2, 0.25) is 6.33 Å². The van der Waals surface area contributed by atoms with E-state index in [0.717, 1.165) is 12.2 Å². The first-order valence-electron chi connectivity index (χ1n) is 8.89. The van der Waals surface area contributed by atoms with Crippen LogP contribution in [0.25, 0.3) is 5.69 Å². The average molecular weight is 368 g/mol. The Balaban J connectivity index is 0.00000168. The Kier molecular flexibility index (Phi) is 4.13. The number of aromatic nitrogens is 3. The molecule has 0 spiro atoms. The van der Waals surface area contributed by atoms with Gasteiger partial charge in [-0.3, -0.25) is 0 Å². The molecule has 1 unspecified atom stereocenters. The topological polar surface area (TPSA) is 30.9 Å². The van der Waals surface area contributed by atoms with Gasteiger partial charge in [0, 0.05) is 11.5 Å². The number of ether oxygens (including phenoxy) is 1. The monoisotopic (exact) mass is 367 g/mol. The van der Waals surface area contributed by atoms with Crippen molar-refractivity contribution in [1.29, 1.82) is 0 Å². The fourth-order valence-corrected chi connectivity index (χ4v) is 4.56. The Morgan fingerprint density at radius 1 is 1.12 bits per heavy atom. The molecule has 0 saturated heterocycles. The van der Waals surface area contributed by atoms with Gasteiger partial charge in [-0.1, -0.05) is 46.6 Å². The summed E-state index contributed by atoms with van der Waals surface area (Å²) < 4.78 is 10.5. The highest BCUT2D eigenvalue weighted by molar-refractivity contribution is 5.48. The molecular weight excluding hydrogens is 346 g/mol. The quantitative estimate of drug-likeness (QED) is 0.573. The summed E-state index contributed by atoms with van der Waals surface area (Å²) in [7, 11) is 0. The zero-order valence-electron chi connectivity index (χ0n) is 15.2. The van der Waals surface area contributed by atoms with E-state index in [9.17, 15) is 0 Å². The summed E-state index contributed by atoms with van der Waals surface area (Å²) in [5, 5.41) is 4.86. The molecule has 5 rings (SSSR count). The van der Waals surface area contributed by atoms with Crippen LogP contribution in [0.15, 0.2) is 42.7 Å². The fraction of sp³-hybridized carbons (Fsp3) is 0.333. The van der Waals surface area contributed by atoms with Gasteiger partial charge in [0.1, 0.15) is 24.4 Å². The van der Waals surface area contributed by atoms with Crippen molar-refractivity contribution in [3.63, 3.8) is 0 Å². The Labute approximate surface area is 159 Å². The molecular formula is C21H22ClN3O. The van der Waals surface area contributed by atoms with E-state index < -0.39 is 0 Å². The maximum atomic E-state index is 6.14. The number of aryl methyl sites for hydroxylation is 3. The highest BCUT2D eigenvalue weighted by Gasteiger charge is 2.43. The first kappa shape index (κ1) is 17.3. The molecule has 3 aromatic rings. The summed E-state index contributed by atoms with van der Waals surface area (Å²) in [5.41, 5.74) is 7.74. The van der Waals surface area contributed by atoms with E-state index in [4.69, 9.17) is 9.84 Å². The standard InChI is InChI=1S/C21H22N3O.ClH/c1-13-8-14(2)20(15(3)9-13)24-12-23-19(22-24)11-25-18-10-16-6-4-5-7-17(16)21(18)23;/h4-9,12,18,21H,10-11H2,1-3H3;1H/q+1;/p-1/t18-,21?;/m1./s1. The minimum atomic E-state index is 0. The van der Waals surface area contributed by atoms with Gasteiger partial charge in [0.25, 0.3) is 0 Å². The van der Waals surface area contributed by atoms with Crippen molar-refractivity contribution in [1.82, 2.24) is 9.78 Å². The van der Waals surface area contributed by atoms with Gasteiger partial charge < -0.3 is 17.1 Å². The maximum absolute atomic E-state index is 6.14. The second kappa shape index (κ2) is 6.22. The third-order valence-corrected chi connectivity index (χ3v) is 5.49. The van der Waals surface area contributed by atoms with Crippen LogP contribution in [0, 0.1) is 20.8 Å². The van der Waals surface area contributed by atoms with Gasteiger partial charge >= 0.3 is 5.82 Å². The maximum Gasteiger partial charge on any atom is 0.304 e. The molecule has 0 radical (unpaired) electrons. The van der Waals surface area contributed by atoms with Crippen molar-refractivity contribution >= 4 is 0 Å². The fourth-order valence-electron chi connectivity index (χ4n) is 4.56. The van der Waals surface area contributed by atoms with Crippen LogP contribution in [-0.4, -0.2) is 15.9 Å². The van der Waals surface area contributed by atoms with Gasteiger partial charge in [-0.05, 0) is 43.0 Å². The second-order valence-electron chi connectivity index (χ2n) is 7.33.